The molecule has 2 amide bonds. The molecule has 2 aromatic rings. The zero-order valence-corrected chi connectivity index (χ0v) is 16.7. The van der Waals surface area contributed by atoms with Gasteiger partial charge in [0.15, 0.2) is 11.5 Å². The summed E-state index contributed by atoms with van der Waals surface area (Å²) in [5, 5.41) is 5.24. The van der Waals surface area contributed by atoms with Gasteiger partial charge in [-0.25, -0.2) is 0 Å². The molecule has 0 saturated carbocycles. The highest BCUT2D eigenvalue weighted by Crippen LogP contribution is 2.28. The number of carbonyl (C=O) groups is 2. The van der Waals surface area contributed by atoms with Crippen molar-refractivity contribution in [1.82, 2.24) is 5.32 Å². The number of hydrogen-bond donors (Lipinski definition) is 2. The molecule has 0 fully saturated rings. The van der Waals surface area contributed by atoms with Crippen molar-refractivity contribution in [3.8, 4) is 11.5 Å². The first-order chi connectivity index (χ1) is 13.0. The summed E-state index contributed by atoms with van der Waals surface area (Å²) in [5.41, 5.74) is 1.44. The molecule has 0 heterocycles. The monoisotopic (exact) mass is 432 g/mol. The number of amides is 2. The second kappa shape index (κ2) is 10.4. The van der Waals surface area contributed by atoms with Gasteiger partial charge in [-0.05, 0) is 55.0 Å². The highest BCUT2D eigenvalue weighted by atomic mass is 79.9. The average molecular weight is 433 g/mol. The van der Waals surface area contributed by atoms with E-state index in [0.29, 0.717) is 23.8 Å². The fourth-order valence-electron chi connectivity index (χ4n) is 2.20. The molecule has 0 aliphatic heterocycles. The highest BCUT2D eigenvalue weighted by Gasteiger charge is 2.06. The second-order valence-corrected chi connectivity index (χ2v) is 6.37. The van der Waals surface area contributed by atoms with E-state index < -0.39 is 0 Å². The first kappa shape index (κ1) is 20.5. The smallest absolute Gasteiger partial charge is 0.244 e. The molecule has 27 heavy (non-hydrogen) atoms. The Morgan fingerprint density at radius 1 is 1.11 bits per heavy atom. The van der Waals surface area contributed by atoms with E-state index in [-0.39, 0.29) is 18.4 Å². The molecule has 0 aliphatic rings. The van der Waals surface area contributed by atoms with Crippen LogP contribution in [0.4, 0.5) is 5.69 Å². The summed E-state index contributed by atoms with van der Waals surface area (Å²) in [6.45, 7) is 2.31. The summed E-state index contributed by atoms with van der Waals surface area (Å²) in [5.74, 6) is 0.565. The quantitative estimate of drug-likeness (QED) is 0.624. The SMILES string of the molecule is CCOc1ccc(/C=C/C(=O)NCC(=O)Nc2ccc(Br)cc2)cc1OC. The Labute approximate surface area is 166 Å². The standard InChI is InChI=1S/C20H21BrN2O4/c1-3-27-17-10-4-14(12-18(17)26-2)5-11-19(24)22-13-20(25)23-16-8-6-15(21)7-9-16/h4-12H,3,13H2,1-2H3,(H,22,24)(H,23,25)/b11-5+. The minimum absolute atomic E-state index is 0.119. The van der Waals surface area contributed by atoms with Crippen LogP contribution in [0.3, 0.4) is 0 Å². The van der Waals surface area contributed by atoms with Crippen LogP contribution in [0.15, 0.2) is 53.0 Å². The maximum absolute atomic E-state index is 11.9. The lowest BCUT2D eigenvalue weighted by atomic mass is 10.2. The summed E-state index contributed by atoms with van der Waals surface area (Å²) < 4.78 is 11.6. The maximum Gasteiger partial charge on any atom is 0.244 e. The summed E-state index contributed by atoms with van der Waals surface area (Å²) in [6, 6.07) is 12.5. The number of halogens is 1. The zero-order chi connectivity index (χ0) is 19.6. The van der Waals surface area contributed by atoms with E-state index in [2.05, 4.69) is 26.6 Å². The van der Waals surface area contributed by atoms with Crippen LogP contribution in [0.25, 0.3) is 6.08 Å². The first-order valence-electron chi connectivity index (χ1n) is 8.34. The fourth-order valence-corrected chi connectivity index (χ4v) is 2.46. The van der Waals surface area contributed by atoms with E-state index in [9.17, 15) is 9.59 Å². The molecule has 6 nitrogen and oxygen atoms in total. The van der Waals surface area contributed by atoms with Crippen molar-refractivity contribution >= 4 is 39.5 Å². The van der Waals surface area contributed by atoms with Gasteiger partial charge in [0.05, 0.1) is 20.3 Å². The first-order valence-corrected chi connectivity index (χ1v) is 9.13. The van der Waals surface area contributed by atoms with E-state index in [1.807, 2.05) is 25.1 Å². The van der Waals surface area contributed by atoms with E-state index >= 15 is 0 Å². The topological polar surface area (TPSA) is 76.7 Å². The minimum Gasteiger partial charge on any atom is -0.493 e. The molecule has 0 radical (unpaired) electrons. The molecule has 0 aliphatic carbocycles. The number of benzene rings is 2. The van der Waals surface area contributed by atoms with Crippen LogP contribution in [0.1, 0.15) is 12.5 Å². The zero-order valence-electron chi connectivity index (χ0n) is 15.1. The summed E-state index contributed by atoms with van der Waals surface area (Å²) >= 11 is 3.33. The fraction of sp³-hybridized carbons (Fsp3) is 0.200. The van der Waals surface area contributed by atoms with Crippen LogP contribution >= 0.6 is 15.9 Å². The molecule has 0 unspecified atom stereocenters. The van der Waals surface area contributed by atoms with Crippen molar-refractivity contribution in [2.24, 2.45) is 0 Å². The summed E-state index contributed by atoms with van der Waals surface area (Å²) in [7, 11) is 1.56. The van der Waals surface area contributed by atoms with E-state index in [1.54, 1.807) is 37.5 Å². The van der Waals surface area contributed by atoms with Gasteiger partial charge >= 0.3 is 0 Å². The largest absolute Gasteiger partial charge is 0.493 e. The second-order valence-electron chi connectivity index (χ2n) is 5.45. The van der Waals surface area contributed by atoms with Gasteiger partial charge < -0.3 is 20.1 Å². The van der Waals surface area contributed by atoms with Crippen molar-refractivity contribution in [3.05, 3.63) is 58.6 Å². The maximum atomic E-state index is 11.9. The molecule has 142 valence electrons. The Hall–Kier alpha value is -2.80. The molecule has 0 bridgehead atoms. The van der Waals surface area contributed by atoms with Gasteiger partial charge in [-0.2, -0.15) is 0 Å². The van der Waals surface area contributed by atoms with Crippen LogP contribution in [-0.4, -0.2) is 32.1 Å². The lowest BCUT2D eigenvalue weighted by Gasteiger charge is -2.09. The van der Waals surface area contributed by atoms with Crippen molar-refractivity contribution in [1.29, 1.82) is 0 Å². The van der Waals surface area contributed by atoms with Crippen LogP contribution in [-0.2, 0) is 9.59 Å². The predicted molar refractivity (Wildman–Crippen MR) is 109 cm³/mol. The van der Waals surface area contributed by atoms with Gasteiger partial charge in [0.1, 0.15) is 0 Å². The van der Waals surface area contributed by atoms with Gasteiger partial charge in [0, 0.05) is 16.2 Å². The number of hydrogen-bond acceptors (Lipinski definition) is 4. The minimum atomic E-state index is -0.367. The number of rotatable bonds is 8. The van der Waals surface area contributed by atoms with Crippen molar-refractivity contribution < 1.29 is 19.1 Å². The number of anilines is 1. The van der Waals surface area contributed by atoms with E-state index in [1.165, 1.54) is 6.08 Å². The molecule has 2 N–H and O–H groups in total. The van der Waals surface area contributed by atoms with E-state index in [4.69, 9.17) is 9.47 Å². The van der Waals surface area contributed by atoms with Gasteiger partial charge in [-0.3, -0.25) is 9.59 Å². The van der Waals surface area contributed by atoms with Crippen LogP contribution in [0, 0.1) is 0 Å². The Bertz CT molecular complexity index is 819. The van der Waals surface area contributed by atoms with Crippen molar-refractivity contribution in [2.75, 3.05) is 25.6 Å². The number of carbonyl (C=O) groups excluding carboxylic acids is 2. The molecule has 0 spiro atoms. The molecule has 0 aromatic heterocycles. The molecule has 2 rings (SSSR count). The number of ether oxygens (including phenoxy) is 2. The summed E-state index contributed by atoms with van der Waals surface area (Å²) in [4.78, 5) is 23.8. The molecule has 7 heteroatoms. The van der Waals surface area contributed by atoms with Gasteiger partial charge in [0.25, 0.3) is 0 Å². The predicted octanol–water partition coefficient (Wildman–Crippen LogP) is 3.62. The normalized spacial score (nSPS) is 10.5. The molecular formula is C20H21BrN2O4. The average Bonchev–Trinajstić information content (AvgIpc) is 2.67. The third kappa shape index (κ3) is 6.79. The lowest BCUT2D eigenvalue weighted by molar-refractivity contribution is -0.121. The third-order valence-electron chi connectivity index (χ3n) is 3.47. The Balaban J connectivity index is 1.85. The van der Waals surface area contributed by atoms with Gasteiger partial charge in [0.2, 0.25) is 11.8 Å². The van der Waals surface area contributed by atoms with Crippen LogP contribution < -0.4 is 20.1 Å². The highest BCUT2D eigenvalue weighted by molar-refractivity contribution is 9.10. The lowest BCUT2D eigenvalue weighted by Crippen LogP contribution is -2.31. The summed E-state index contributed by atoms with van der Waals surface area (Å²) in [6.07, 6.45) is 3.00. The Kier molecular flexibility index (Phi) is 7.88. The van der Waals surface area contributed by atoms with Crippen molar-refractivity contribution in [3.63, 3.8) is 0 Å². The molecule has 0 atom stereocenters. The van der Waals surface area contributed by atoms with Gasteiger partial charge in [-0.1, -0.05) is 22.0 Å². The Morgan fingerprint density at radius 2 is 1.85 bits per heavy atom. The number of methoxy groups -OCH3 is 1. The molecule has 2 aromatic carbocycles. The van der Waals surface area contributed by atoms with E-state index in [0.717, 1.165) is 10.0 Å². The molecular weight excluding hydrogens is 412 g/mol. The third-order valence-corrected chi connectivity index (χ3v) is 3.99. The molecule has 0 saturated heterocycles. The van der Waals surface area contributed by atoms with Crippen molar-refractivity contribution in [2.45, 2.75) is 6.92 Å². The van der Waals surface area contributed by atoms with Gasteiger partial charge in [-0.15, -0.1) is 0 Å². The van der Waals surface area contributed by atoms with Crippen LogP contribution in [0.5, 0.6) is 11.5 Å². The van der Waals surface area contributed by atoms with Crippen LogP contribution in [0.2, 0.25) is 0 Å². The number of nitrogens with one attached hydrogen (secondary N) is 2. The Morgan fingerprint density at radius 3 is 2.52 bits per heavy atom.